The number of nitrogens with zero attached hydrogens (tertiary/aromatic N) is 4. The van der Waals surface area contributed by atoms with E-state index in [0.717, 1.165) is 24.3 Å². The third kappa shape index (κ3) is 2.34. The highest BCUT2D eigenvalue weighted by Gasteiger charge is 2.15. The zero-order chi connectivity index (χ0) is 11.5. The maximum Gasteiger partial charge on any atom is 0.0916 e. The minimum atomic E-state index is 0.560. The first kappa shape index (κ1) is 10.4. The predicted octanol–water partition coefficient (Wildman–Crippen LogP) is 1.09. The molecule has 0 spiro atoms. The van der Waals surface area contributed by atoms with Gasteiger partial charge in [-0.25, -0.2) is 0 Å². The van der Waals surface area contributed by atoms with E-state index in [4.69, 9.17) is 0 Å². The Hall–Kier alpha value is -1.75. The molecule has 3 heterocycles. The summed E-state index contributed by atoms with van der Waals surface area (Å²) in [7, 11) is 0. The van der Waals surface area contributed by atoms with Gasteiger partial charge in [-0.15, -0.1) is 0 Å². The molecule has 1 aliphatic heterocycles. The van der Waals surface area contributed by atoms with Crippen LogP contribution in [-0.2, 0) is 6.54 Å². The smallest absolute Gasteiger partial charge is 0.0916 e. The molecule has 1 saturated heterocycles. The van der Waals surface area contributed by atoms with Crippen LogP contribution >= 0.6 is 0 Å². The molecule has 0 aromatic carbocycles. The molecule has 0 aliphatic carbocycles. The van der Waals surface area contributed by atoms with Crippen molar-refractivity contribution in [1.82, 2.24) is 25.1 Å². The monoisotopic (exact) mass is 229 g/mol. The van der Waals surface area contributed by atoms with E-state index in [9.17, 15) is 0 Å². The van der Waals surface area contributed by atoms with E-state index < -0.39 is 0 Å². The van der Waals surface area contributed by atoms with Crippen LogP contribution in [0.5, 0.6) is 0 Å². The first-order chi connectivity index (χ1) is 8.42. The van der Waals surface area contributed by atoms with Crippen molar-refractivity contribution in [2.24, 2.45) is 0 Å². The van der Waals surface area contributed by atoms with Crippen molar-refractivity contribution in [1.29, 1.82) is 0 Å². The Bertz CT molecular complexity index is 473. The Morgan fingerprint density at radius 1 is 1.35 bits per heavy atom. The number of nitrogens with one attached hydrogen (secondary N) is 1. The van der Waals surface area contributed by atoms with Crippen molar-refractivity contribution in [3.63, 3.8) is 0 Å². The van der Waals surface area contributed by atoms with Crippen LogP contribution in [0.3, 0.4) is 0 Å². The topological polar surface area (TPSA) is 55.6 Å². The third-order valence-corrected chi connectivity index (χ3v) is 3.06. The largest absolute Gasteiger partial charge is 0.312 e. The highest BCUT2D eigenvalue weighted by atomic mass is 15.3. The van der Waals surface area contributed by atoms with Crippen molar-refractivity contribution in [2.75, 3.05) is 6.54 Å². The molecule has 2 aromatic rings. The van der Waals surface area contributed by atoms with Crippen LogP contribution in [0.1, 0.15) is 12.8 Å². The molecule has 5 heteroatoms. The van der Waals surface area contributed by atoms with Gasteiger partial charge in [0.1, 0.15) is 0 Å². The fraction of sp³-hybridized carbons (Fsp3) is 0.417. The standard InChI is InChI=1S/C12H15N5/c1-2-11(14-3-1)9-17-8-10(6-16-17)12-7-13-4-5-15-12/h4-8,11,14H,1-3,9H2/t11-/m0/s1. The summed E-state index contributed by atoms with van der Waals surface area (Å²) in [5.74, 6) is 0. The van der Waals surface area contributed by atoms with Crippen LogP contribution in [-0.4, -0.2) is 32.3 Å². The first-order valence-corrected chi connectivity index (χ1v) is 5.94. The van der Waals surface area contributed by atoms with Gasteiger partial charge in [0, 0.05) is 30.2 Å². The summed E-state index contributed by atoms with van der Waals surface area (Å²) in [6.07, 6.45) is 11.5. The molecule has 1 fully saturated rings. The molecule has 0 unspecified atom stereocenters. The average Bonchev–Trinajstić information content (AvgIpc) is 3.02. The number of rotatable bonds is 3. The number of aromatic nitrogens is 4. The Kier molecular flexibility index (Phi) is 2.83. The lowest BCUT2D eigenvalue weighted by atomic mass is 10.2. The van der Waals surface area contributed by atoms with Gasteiger partial charge in [-0.3, -0.25) is 14.6 Å². The molecule has 1 N–H and O–H groups in total. The van der Waals surface area contributed by atoms with Crippen LogP contribution in [0.15, 0.2) is 31.0 Å². The summed E-state index contributed by atoms with van der Waals surface area (Å²) >= 11 is 0. The molecule has 0 radical (unpaired) electrons. The minimum absolute atomic E-state index is 0.560. The normalized spacial score (nSPS) is 19.6. The van der Waals surface area contributed by atoms with E-state index in [1.807, 2.05) is 17.1 Å². The molecule has 0 amide bonds. The van der Waals surface area contributed by atoms with E-state index in [1.54, 1.807) is 18.6 Å². The second kappa shape index (κ2) is 4.63. The summed E-state index contributed by atoms with van der Waals surface area (Å²) in [5.41, 5.74) is 1.90. The number of hydrogen-bond acceptors (Lipinski definition) is 4. The van der Waals surface area contributed by atoms with Crippen molar-refractivity contribution < 1.29 is 0 Å². The van der Waals surface area contributed by atoms with E-state index in [-0.39, 0.29) is 0 Å². The minimum Gasteiger partial charge on any atom is -0.312 e. The fourth-order valence-electron chi connectivity index (χ4n) is 2.18. The predicted molar refractivity (Wildman–Crippen MR) is 64.3 cm³/mol. The molecule has 1 atom stereocenters. The molecule has 1 aliphatic rings. The third-order valence-electron chi connectivity index (χ3n) is 3.06. The molecule has 5 nitrogen and oxygen atoms in total. The lowest BCUT2D eigenvalue weighted by Gasteiger charge is -2.09. The lowest BCUT2D eigenvalue weighted by molar-refractivity contribution is 0.476. The Morgan fingerprint density at radius 2 is 2.35 bits per heavy atom. The Balaban J connectivity index is 1.74. The molecule has 2 aromatic heterocycles. The van der Waals surface area contributed by atoms with Gasteiger partial charge in [-0.1, -0.05) is 0 Å². The first-order valence-electron chi connectivity index (χ1n) is 5.94. The zero-order valence-corrected chi connectivity index (χ0v) is 9.58. The summed E-state index contributed by atoms with van der Waals surface area (Å²) in [6.45, 7) is 2.06. The van der Waals surface area contributed by atoms with Crippen LogP contribution < -0.4 is 5.32 Å². The summed E-state index contributed by atoms with van der Waals surface area (Å²) in [6, 6.07) is 0.560. The summed E-state index contributed by atoms with van der Waals surface area (Å²) in [5, 5.41) is 7.83. The van der Waals surface area contributed by atoms with Crippen LogP contribution in [0, 0.1) is 0 Å². The van der Waals surface area contributed by atoms with Gasteiger partial charge in [0.05, 0.1) is 24.6 Å². The summed E-state index contributed by atoms with van der Waals surface area (Å²) < 4.78 is 1.98. The van der Waals surface area contributed by atoms with Crippen molar-refractivity contribution >= 4 is 0 Å². The van der Waals surface area contributed by atoms with Crippen LogP contribution in [0.25, 0.3) is 11.3 Å². The Labute approximate surface area is 99.9 Å². The van der Waals surface area contributed by atoms with E-state index in [2.05, 4.69) is 20.4 Å². The molecular weight excluding hydrogens is 214 g/mol. The number of hydrogen-bond donors (Lipinski definition) is 1. The SMILES string of the molecule is c1cnc(-c2cnn(C[C@@H]3CCCN3)c2)cn1. The van der Waals surface area contributed by atoms with Gasteiger partial charge in [-0.2, -0.15) is 5.10 Å². The van der Waals surface area contributed by atoms with Gasteiger partial charge in [0.25, 0.3) is 0 Å². The summed E-state index contributed by atoms with van der Waals surface area (Å²) in [4.78, 5) is 8.32. The second-order valence-electron chi connectivity index (χ2n) is 4.33. The molecule has 3 rings (SSSR count). The highest BCUT2D eigenvalue weighted by molar-refractivity contribution is 5.55. The molecule has 17 heavy (non-hydrogen) atoms. The van der Waals surface area contributed by atoms with Crippen molar-refractivity contribution in [3.8, 4) is 11.3 Å². The van der Waals surface area contributed by atoms with E-state index in [0.29, 0.717) is 6.04 Å². The molecule has 0 saturated carbocycles. The molecule has 88 valence electrons. The average molecular weight is 229 g/mol. The zero-order valence-electron chi connectivity index (χ0n) is 9.58. The Morgan fingerprint density at radius 3 is 3.12 bits per heavy atom. The van der Waals surface area contributed by atoms with Gasteiger partial charge in [0.15, 0.2) is 0 Å². The van der Waals surface area contributed by atoms with Crippen LogP contribution in [0.4, 0.5) is 0 Å². The fourth-order valence-corrected chi connectivity index (χ4v) is 2.18. The quantitative estimate of drug-likeness (QED) is 0.856. The van der Waals surface area contributed by atoms with Gasteiger partial charge < -0.3 is 5.32 Å². The molecular formula is C12H15N5. The van der Waals surface area contributed by atoms with Gasteiger partial charge in [-0.05, 0) is 19.4 Å². The second-order valence-corrected chi connectivity index (χ2v) is 4.33. The van der Waals surface area contributed by atoms with Crippen molar-refractivity contribution in [3.05, 3.63) is 31.0 Å². The maximum absolute atomic E-state index is 4.36. The molecule has 0 bridgehead atoms. The highest BCUT2D eigenvalue weighted by Crippen LogP contribution is 2.15. The van der Waals surface area contributed by atoms with Gasteiger partial charge >= 0.3 is 0 Å². The van der Waals surface area contributed by atoms with E-state index in [1.165, 1.54) is 12.8 Å². The van der Waals surface area contributed by atoms with Crippen LogP contribution in [0.2, 0.25) is 0 Å². The van der Waals surface area contributed by atoms with E-state index >= 15 is 0 Å². The van der Waals surface area contributed by atoms with Crippen molar-refractivity contribution in [2.45, 2.75) is 25.4 Å². The van der Waals surface area contributed by atoms with Gasteiger partial charge in [0.2, 0.25) is 0 Å². The maximum atomic E-state index is 4.36. The lowest BCUT2D eigenvalue weighted by Crippen LogP contribution is -2.26.